The van der Waals surface area contributed by atoms with Crippen LogP contribution in [0, 0.1) is 23.2 Å². The number of carbonyl (C=O) groups excluding carboxylic acids is 1. The summed E-state index contributed by atoms with van der Waals surface area (Å²) in [5, 5.41) is 0. The molecule has 4 bridgehead atoms. The van der Waals surface area contributed by atoms with Gasteiger partial charge in [0.15, 0.2) is 5.70 Å². The van der Waals surface area contributed by atoms with Gasteiger partial charge in [-0.05, 0) is 80.5 Å². The fourth-order valence-electron chi connectivity index (χ4n) is 6.34. The van der Waals surface area contributed by atoms with Crippen molar-refractivity contribution in [1.82, 2.24) is 0 Å². The molecular weight excluding hydrogens is 430 g/mol. The number of esters is 1. The molecule has 5 heteroatoms. The zero-order valence-corrected chi connectivity index (χ0v) is 17.7. The van der Waals surface area contributed by atoms with Gasteiger partial charge >= 0.3 is 5.97 Å². The summed E-state index contributed by atoms with van der Waals surface area (Å²) in [6, 6.07) is 11.7. The zero-order chi connectivity index (χ0) is 19.6. The van der Waals surface area contributed by atoms with Gasteiger partial charge in [0.05, 0.1) is 0 Å². The van der Waals surface area contributed by atoms with Gasteiger partial charge in [-0.25, -0.2) is 9.79 Å². The molecule has 0 spiro atoms. The SMILES string of the molecule is O=C1OC(C23CC4CC(CC(C4)C2)C3)=NC1=Cc1ccc(-c2ccc(Br)cc2)o1. The first-order valence-electron chi connectivity index (χ1n) is 10.5. The minimum atomic E-state index is -0.350. The molecular formula is C24H22BrNO3. The van der Waals surface area contributed by atoms with E-state index in [2.05, 4.69) is 20.9 Å². The van der Waals surface area contributed by atoms with Crippen molar-refractivity contribution < 1.29 is 13.9 Å². The molecule has 4 aliphatic carbocycles. The molecule has 0 amide bonds. The number of halogens is 1. The monoisotopic (exact) mass is 451 g/mol. The Balaban J connectivity index is 1.28. The van der Waals surface area contributed by atoms with E-state index in [9.17, 15) is 4.79 Å². The van der Waals surface area contributed by atoms with Crippen LogP contribution in [0.5, 0.6) is 0 Å². The number of benzene rings is 1. The van der Waals surface area contributed by atoms with Crippen molar-refractivity contribution >= 4 is 33.9 Å². The summed E-state index contributed by atoms with van der Waals surface area (Å²) in [7, 11) is 0. The molecule has 4 fully saturated rings. The smallest absolute Gasteiger partial charge is 0.363 e. The first kappa shape index (κ1) is 17.7. The molecule has 1 aliphatic heterocycles. The molecule has 2 aromatic rings. The second-order valence-corrected chi connectivity index (χ2v) is 10.2. The second kappa shape index (κ2) is 6.43. The highest BCUT2D eigenvalue weighted by Gasteiger charge is 2.55. The molecule has 1 aromatic carbocycles. The summed E-state index contributed by atoms with van der Waals surface area (Å²) in [6.45, 7) is 0. The zero-order valence-electron chi connectivity index (χ0n) is 16.1. The van der Waals surface area contributed by atoms with Crippen LogP contribution >= 0.6 is 15.9 Å². The largest absolute Gasteiger partial charge is 0.457 e. The third-order valence-corrected chi connectivity index (χ3v) is 7.68. The third-order valence-electron chi connectivity index (χ3n) is 7.15. The third kappa shape index (κ3) is 3.02. The highest BCUT2D eigenvalue weighted by molar-refractivity contribution is 9.10. The van der Waals surface area contributed by atoms with Crippen LogP contribution in [0.1, 0.15) is 44.3 Å². The molecule has 0 atom stereocenters. The number of nitrogens with zero attached hydrogens (tertiary/aromatic N) is 1. The van der Waals surface area contributed by atoms with Gasteiger partial charge in [-0.15, -0.1) is 0 Å². The van der Waals surface area contributed by atoms with Crippen LogP contribution in [0.2, 0.25) is 0 Å². The lowest BCUT2D eigenvalue weighted by Crippen LogP contribution is -2.50. The predicted molar refractivity (Wildman–Crippen MR) is 114 cm³/mol. The summed E-state index contributed by atoms with van der Waals surface area (Å²) in [5.41, 5.74) is 1.34. The molecule has 29 heavy (non-hydrogen) atoms. The van der Waals surface area contributed by atoms with Crippen LogP contribution in [0.3, 0.4) is 0 Å². The molecule has 5 aliphatic rings. The first-order valence-corrected chi connectivity index (χ1v) is 11.2. The molecule has 7 rings (SSSR count). The quantitative estimate of drug-likeness (QED) is 0.410. The number of hydrogen-bond donors (Lipinski definition) is 0. The highest BCUT2D eigenvalue weighted by atomic mass is 79.9. The van der Waals surface area contributed by atoms with Crippen LogP contribution in [0.25, 0.3) is 17.4 Å². The van der Waals surface area contributed by atoms with Gasteiger partial charge in [0.25, 0.3) is 0 Å². The lowest BCUT2D eigenvalue weighted by molar-refractivity contribution is -0.131. The molecule has 0 saturated heterocycles. The van der Waals surface area contributed by atoms with E-state index in [0.29, 0.717) is 17.4 Å². The van der Waals surface area contributed by atoms with Crippen molar-refractivity contribution in [1.29, 1.82) is 0 Å². The molecule has 2 heterocycles. The maximum absolute atomic E-state index is 12.5. The molecule has 1 aromatic heterocycles. The number of aliphatic imine (C=N–C) groups is 1. The Kier molecular flexibility index (Phi) is 3.92. The van der Waals surface area contributed by atoms with Crippen molar-refractivity contribution in [3.63, 3.8) is 0 Å². The van der Waals surface area contributed by atoms with Crippen molar-refractivity contribution in [3.05, 3.63) is 52.3 Å². The van der Waals surface area contributed by atoms with Crippen LogP contribution < -0.4 is 0 Å². The molecule has 0 unspecified atom stereocenters. The number of ether oxygens (including phenoxy) is 1. The maximum atomic E-state index is 12.5. The average molecular weight is 452 g/mol. The minimum absolute atomic E-state index is 0.00818. The Morgan fingerprint density at radius 3 is 2.28 bits per heavy atom. The van der Waals surface area contributed by atoms with Gasteiger partial charge in [-0.3, -0.25) is 0 Å². The Morgan fingerprint density at radius 1 is 0.966 bits per heavy atom. The summed E-state index contributed by atoms with van der Waals surface area (Å²) in [4.78, 5) is 17.2. The van der Waals surface area contributed by atoms with E-state index >= 15 is 0 Å². The number of cyclic esters (lactones) is 1. The van der Waals surface area contributed by atoms with Crippen LogP contribution in [0.4, 0.5) is 0 Å². The molecule has 148 valence electrons. The van der Waals surface area contributed by atoms with Gasteiger partial charge in [0.1, 0.15) is 11.5 Å². The molecule has 4 nitrogen and oxygen atoms in total. The van der Waals surface area contributed by atoms with Gasteiger partial charge in [-0.1, -0.05) is 28.1 Å². The van der Waals surface area contributed by atoms with Crippen molar-refractivity contribution in [2.45, 2.75) is 38.5 Å². The number of carbonyl (C=O) groups is 1. The van der Waals surface area contributed by atoms with Crippen molar-refractivity contribution in [3.8, 4) is 11.3 Å². The van der Waals surface area contributed by atoms with Gasteiger partial charge in [-0.2, -0.15) is 0 Å². The van der Waals surface area contributed by atoms with Crippen LogP contribution in [-0.2, 0) is 9.53 Å². The van der Waals surface area contributed by atoms with E-state index in [1.165, 1.54) is 19.3 Å². The minimum Gasteiger partial charge on any atom is -0.457 e. The number of furan rings is 1. The summed E-state index contributed by atoms with van der Waals surface area (Å²) in [5.74, 6) is 4.06. The van der Waals surface area contributed by atoms with E-state index < -0.39 is 0 Å². The Morgan fingerprint density at radius 2 is 1.62 bits per heavy atom. The Bertz CT molecular complexity index is 1010. The normalized spacial score (nSPS) is 34.0. The summed E-state index contributed by atoms with van der Waals surface area (Å²) in [6.07, 6.45) is 9.17. The predicted octanol–water partition coefficient (Wildman–Crippen LogP) is 6.22. The second-order valence-electron chi connectivity index (χ2n) is 9.24. The number of rotatable bonds is 3. The van der Waals surface area contributed by atoms with Gasteiger partial charge in [0.2, 0.25) is 5.90 Å². The van der Waals surface area contributed by atoms with E-state index in [4.69, 9.17) is 9.15 Å². The molecule has 0 radical (unpaired) electrons. The summed E-state index contributed by atoms with van der Waals surface area (Å²) >= 11 is 3.44. The Labute approximate surface area is 178 Å². The van der Waals surface area contributed by atoms with Crippen LogP contribution in [-0.4, -0.2) is 11.9 Å². The average Bonchev–Trinajstić information content (AvgIpc) is 3.29. The molecule has 4 saturated carbocycles. The maximum Gasteiger partial charge on any atom is 0.363 e. The standard InChI is InChI=1S/C24H22BrNO3/c25-18-3-1-17(2-4-18)21-6-5-19(28-21)10-20-22(27)29-23(26-20)24-11-14-7-15(12-24)9-16(8-14)13-24/h1-6,10,14-16H,7-9,11-13H2. The van der Waals surface area contributed by atoms with E-state index in [1.807, 2.05) is 36.4 Å². The highest BCUT2D eigenvalue weighted by Crippen LogP contribution is 2.61. The topological polar surface area (TPSA) is 51.8 Å². The van der Waals surface area contributed by atoms with Crippen LogP contribution in [0.15, 0.2) is 56.0 Å². The fourth-order valence-corrected chi connectivity index (χ4v) is 6.61. The van der Waals surface area contributed by atoms with E-state index in [-0.39, 0.29) is 11.4 Å². The Hall–Kier alpha value is -2.14. The lowest BCUT2D eigenvalue weighted by atomic mass is 9.49. The van der Waals surface area contributed by atoms with Crippen molar-refractivity contribution in [2.24, 2.45) is 28.2 Å². The van der Waals surface area contributed by atoms with Gasteiger partial charge in [0, 0.05) is 21.5 Å². The molecule has 0 N–H and O–H groups in total. The van der Waals surface area contributed by atoms with E-state index in [1.54, 1.807) is 6.08 Å². The lowest BCUT2D eigenvalue weighted by Gasteiger charge is -2.55. The van der Waals surface area contributed by atoms with Gasteiger partial charge < -0.3 is 9.15 Å². The van der Waals surface area contributed by atoms with Crippen molar-refractivity contribution in [2.75, 3.05) is 0 Å². The first-order chi connectivity index (χ1) is 14.1. The summed E-state index contributed by atoms with van der Waals surface area (Å²) < 4.78 is 12.7. The number of hydrogen-bond acceptors (Lipinski definition) is 4. The van der Waals surface area contributed by atoms with E-state index in [0.717, 1.165) is 52.8 Å². The fraction of sp³-hybridized carbons (Fsp3) is 0.417.